The van der Waals surface area contributed by atoms with E-state index in [9.17, 15) is 9.59 Å². The molecular weight excluding hydrogens is 390 g/mol. The van der Waals surface area contributed by atoms with Gasteiger partial charge in [0.2, 0.25) is 5.91 Å². The minimum atomic E-state index is -0.429. The standard InChI is InChI=1S/C17H14BrN3O2S/c18-13-5-6-15-20-14(7-16(22)21(15)8-13)10-24-9-11-1-3-12(4-2-11)17(19)23/h1-8H,9-10H2,(H2,19,23). The molecule has 2 aromatic heterocycles. The molecule has 0 spiro atoms. The molecular formula is C17H14BrN3O2S. The summed E-state index contributed by atoms with van der Waals surface area (Å²) in [6.07, 6.45) is 1.71. The Bertz CT molecular complexity index is 954. The number of amides is 1. The number of nitrogens with zero attached hydrogens (tertiary/aromatic N) is 2. The number of carbonyl (C=O) groups excluding carboxylic acids is 1. The second-order valence-corrected chi connectivity index (χ2v) is 7.12. The fourth-order valence-corrected chi connectivity index (χ4v) is 3.46. The lowest BCUT2D eigenvalue weighted by atomic mass is 10.1. The number of rotatable bonds is 5. The van der Waals surface area contributed by atoms with Crippen LogP contribution in [0.1, 0.15) is 21.6 Å². The maximum atomic E-state index is 12.1. The first kappa shape index (κ1) is 16.7. The minimum absolute atomic E-state index is 0.0947. The molecule has 5 nitrogen and oxygen atoms in total. The van der Waals surface area contributed by atoms with Crippen LogP contribution in [0.3, 0.4) is 0 Å². The Hall–Kier alpha value is -2.12. The maximum Gasteiger partial charge on any atom is 0.258 e. The third kappa shape index (κ3) is 3.85. The number of hydrogen-bond donors (Lipinski definition) is 1. The number of benzene rings is 1. The predicted molar refractivity (Wildman–Crippen MR) is 99.1 cm³/mol. The molecule has 2 N–H and O–H groups in total. The van der Waals surface area contributed by atoms with E-state index in [1.807, 2.05) is 24.3 Å². The topological polar surface area (TPSA) is 77.5 Å². The van der Waals surface area contributed by atoms with Gasteiger partial charge in [0.25, 0.3) is 5.56 Å². The molecule has 1 aromatic carbocycles. The van der Waals surface area contributed by atoms with Crippen LogP contribution in [0, 0.1) is 0 Å². The molecule has 122 valence electrons. The predicted octanol–water partition coefficient (Wildman–Crippen LogP) is 2.99. The van der Waals surface area contributed by atoms with Crippen LogP contribution < -0.4 is 11.3 Å². The lowest BCUT2D eigenvalue weighted by molar-refractivity contribution is 0.100. The second-order valence-electron chi connectivity index (χ2n) is 5.22. The summed E-state index contributed by atoms with van der Waals surface area (Å²) in [4.78, 5) is 27.7. The summed E-state index contributed by atoms with van der Waals surface area (Å²) in [6, 6.07) is 12.4. The molecule has 0 atom stereocenters. The largest absolute Gasteiger partial charge is 0.366 e. The lowest BCUT2D eigenvalue weighted by Crippen LogP contribution is -2.15. The second kappa shape index (κ2) is 7.19. The zero-order valence-corrected chi connectivity index (χ0v) is 15.0. The number of primary amides is 1. The monoisotopic (exact) mass is 403 g/mol. The Morgan fingerprint density at radius 3 is 2.62 bits per heavy atom. The van der Waals surface area contributed by atoms with Crippen molar-refractivity contribution in [3.05, 3.63) is 80.3 Å². The van der Waals surface area contributed by atoms with Gasteiger partial charge in [0.1, 0.15) is 5.65 Å². The van der Waals surface area contributed by atoms with Gasteiger partial charge in [-0.3, -0.25) is 14.0 Å². The van der Waals surface area contributed by atoms with Crippen molar-refractivity contribution >= 4 is 39.2 Å². The van der Waals surface area contributed by atoms with Gasteiger partial charge in [0.15, 0.2) is 0 Å². The Morgan fingerprint density at radius 2 is 1.92 bits per heavy atom. The Morgan fingerprint density at radius 1 is 1.17 bits per heavy atom. The van der Waals surface area contributed by atoms with E-state index in [0.717, 1.165) is 21.5 Å². The van der Waals surface area contributed by atoms with Gasteiger partial charge in [0, 0.05) is 33.8 Å². The fraction of sp³-hybridized carbons (Fsp3) is 0.118. The number of thioether (sulfide) groups is 1. The summed E-state index contributed by atoms with van der Waals surface area (Å²) in [5.41, 5.74) is 8.10. The summed E-state index contributed by atoms with van der Waals surface area (Å²) in [6.45, 7) is 0. The summed E-state index contributed by atoms with van der Waals surface area (Å²) in [5.74, 6) is 0.974. The van der Waals surface area contributed by atoms with Crippen molar-refractivity contribution in [1.82, 2.24) is 9.38 Å². The van der Waals surface area contributed by atoms with E-state index in [2.05, 4.69) is 20.9 Å². The third-order valence-corrected chi connectivity index (χ3v) is 4.94. The lowest BCUT2D eigenvalue weighted by Gasteiger charge is -2.05. The molecule has 0 radical (unpaired) electrons. The summed E-state index contributed by atoms with van der Waals surface area (Å²) in [5, 5.41) is 0. The normalized spacial score (nSPS) is 10.9. The summed E-state index contributed by atoms with van der Waals surface area (Å²) >= 11 is 5.00. The number of hydrogen-bond acceptors (Lipinski definition) is 4. The fourth-order valence-electron chi connectivity index (χ4n) is 2.24. The van der Waals surface area contributed by atoms with Crippen molar-refractivity contribution < 1.29 is 4.79 Å². The molecule has 2 heterocycles. The number of halogens is 1. The number of nitrogens with two attached hydrogens (primary N) is 1. The van der Waals surface area contributed by atoms with E-state index in [-0.39, 0.29) is 5.56 Å². The minimum Gasteiger partial charge on any atom is -0.366 e. The first-order valence-corrected chi connectivity index (χ1v) is 9.12. The number of pyridine rings is 1. The number of carbonyl (C=O) groups is 1. The zero-order chi connectivity index (χ0) is 17.1. The molecule has 0 bridgehead atoms. The van der Waals surface area contributed by atoms with Crippen molar-refractivity contribution in [2.24, 2.45) is 5.73 Å². The first-order chi connectivity index (χ1) is 11.5. The molecule has 3 rings (SSSR count). The highest BCUT2D eigenvalue weighted by Gasteiger charge is 2.04. The average molecular weight is 404 g/mol. The first-order valence-electron chi connectivity index (χ1n) is 7.17. The van der Waals surface area contributed by atoms with Crippen LogP contribution in [0.5, 0.6) is 0 Å². The van der Waals surface area contributed by atoms with Crippen molar-refractivity contribution in [2.45, 2.75) is 11.5 Å². The molecule has 0 saturated heterocycles. The molecule has 0 fully saturated rings. The van der Waals surface area contributed by atoms with E-state index in [1.165, 1.54) is 4.40 Å². The Kier molecular flexibility index (Phi) is 5.01. The molecule has 0 unspecified atom stereocenters. The van der Waals surface area contributed by atoms with Gasteiger partial charge in [0.05, 0.1) is 5.69 Å². The van der Waals surface area contributed by atoms with Gasteiger partial charge in [-0.25, -0.2) is 4.98 Å². The van der Waals surface area contributed by atoms with E-state index in [1.54, 1.807) is 36.2 Å². The van der Waals surface area contributed by atoms with Gasteiger partial charge >= 0.3 is 0 Å². The quantitative estimate of drug-likeness (QED) is 0.709. The van der Waals surface area contributed by atoms with Crippen molar-refractivity contribution in [1.29, 1.82) is 0 Å². The average Bonchev–Trinajstić information content (AvgIpc) is 2.56. The number of aromatic nitrogens is 2. The van der Waals surface area contributed by atoms with E-state index < -0.39 is 5.91 Å². The SMILES string of the molecule is NC(=O)c1ccc(CSCc2cc(=O)n3cc(Br)ccc3n2)cc1. The molecule has 0 aliphatic heterocycles. The van der Waals surface area contributed by atoms with Crippen LogP contribution in [0.25, 0.3) is 5.65 Å². The summed E-state index contributed by atoms with van der Waals surface area (Å²) in [7, 11) is 0. The molecule has 0 aliphatic carbocycles. The van der Waals surface area contributed by atoms with Gasteiger partial charge in [-0.1, -0.05) is 12.1 Å². The van der Waals surface area contributed by atoms with Gasteiger partial charge in [-0.05, 0) is 45.8 Å². The van der Waals surface area contributed by atoms with E-state index >= 15 is 0 Å². The molecule has 24 heavy (non-hydrogen) atoms. The molecule has 0 saturated carbocycles. The van der Waals surface area contributed by atoms with Crippen molar-refractivity contribution in [3.8, 4) is 0 Å². The van der Waals surface area contributed by atoms with Crippen molar-refractivity contribution in [3.63, 3.8) is 0 Å². The van der Waals surface area contributed by atoms with Crippen LogP contribution >= 0.6 is 27.7 Å². The number of fused-ring (bicyclic) bond motifs is 1. The highest BCUT2D eigenvalue weighted by atomic mass is 79.9. The summed E-state index contributed by atoms with van der Waals surface area (Å²) < 4.78 is 2.35. The van der Waals surface area contributed by atoms with Crippen LogP contribution in [0.15, 0.2) is 57.9 Å². The molecule has 7 heteroatoms. The zero-order valence-electron chi connectivity index (χ0n) is 12.6. The third-order valence-electron chi connectivity index (χ3n) is 3.43. The molecule has 3 aromatic rings. The smallest absolute Gasteiger partial charge is 0.258 e. The van der Waals surface area contributed by atoms with Crippen molar-refractivity contribution in [2.75, 3.05) is 0 Å². The molecule has 1 amide bonds. The van der Waals surface area contributed by atoms with Gasteiger partial charge in [-0.2, -0.15) is 11.8 Å². The highest BCUT2D eigenvalue weighted by molar-refractivity contribution is 9.10. The van der Waals surface area contributed by atoms with Gasteiger partial charge in [-0.15, -0.1) is 0 Å². The molecule has 0 aliphatic rings. The van der Waals surface area contributed by atoms with Gasteiger partial charge < -0.3 is 5.73 Å². The van der Waals surface area contributed by atoms with E-state index in [0.29, 0.717) is 17.0 Å². The van der Waals surface area contributed by atoms with Crippen LogP contribution in [-0.2, 0) is 11.5 Å². The van der Waals surface area contributed by atoms with Crippen LogP contribution in [0.2, 0.25) is 0 Å². The Labute approximate surface area is 151 Å². The Balaban J connectivity index is 1.68. The van der Waals surface area contributed by atoms with Crippen LogP contribution in [-0.4, -0.2) is 15.3 Å². The highest BCUT2D eigenvalue weighted by Crippen LogP contribution is 2.17. The van der Waals surface area contributed by atoms with E-state index in [4.69, 9.17) is 5.73 Å². The van der Waals surface area contributed by atoms with Crippen LogP contribution in [0.4, 0.5) is 0 Å². The maximum absolute atomic E-state index is 12.1.